The highest BCUT2D eigenvalue weighted by Gasteiger charge is 2.05. The second-order valence-corrected chi connectivity index (χ2v) is 3.68. The molecule has 0 fully saturated rings. The first-order valence-electron chi connectivity index (χ1n) is 5.78. The van der Waals surface area contributed by atoms with Crippen LogP contribution in [0, 0.1) is 10.1 Å². The zero-order chi connectivity index (χ0) is 13.1. The lowest BCUT2D eigenvalue weighted by Crippen LogP contribution is -1.97. The van der Waals surface area contributed by atoms with Crippen LogP contribution in [0.25, 0.3) is 0 Å². The Bertz CT molecular complexity index is 308. The predicted octanol–water partition coefficient (Wildman–Crippen LogP) is 3.15. The predicted molar refractivity (Wildman–Crippen MR) is 65.2 cm³/mol. The Morgan fingerprint density at radius 2 is 2.06 bits per heavy atom. The molecule has 96 valence electrons. The molecule has 0 aliphatic heterocycles. The number of carbonyl (C=O) groups is 1. The lowest BCUT2D eigenvalue weighted by molar-refractivity contribution is -0.427. The molecule has 0 bridgehead atoms. The molecule has 0 aliphatic rings. The Labute approximate surface area is 101 Å². The fraction of sp³-hybridized carbons (Fsp3) is 0.583. The Kier molecular flexibility index (Phi) is 8.64. The molecule has 0 unspecified atom stereocenters. The molecule has 0 aliphatic carbocycles. The summed E-state index contributed by atoms with van der Waals surface area (Å²) in [6, 6.07) is 0. The van der Waals surface area contributed by atoms with Crippen LogP contribution >= 0.6 is 0 Å². The van der Waals surface area contributed by atoms with E-state index in [1.807, 2.05) is 13.0 Å². The van der Waals surface area contributed by atoms with Gasteiger partial charge in [0.05, 0.1) is 11.3 Å². The molecule has 0 saturated heterocycles. The van der Waals surface area contributed by atoms with Crippen LogP contribution in [-0.2, 0) is 4.79 Å². The molecule has 0 spiro atoms. The Morgan fingerprint density at radius 3 is 2.59 bits per heavy atom. The molecule has 0 amide bonds. The fourth-order valence-corrected chi connectivity index (χ4v) is 1.33. The third-order valence-electron chi connectivity index (χ3n) is 2.18. The van der Waals surface area contributed by atoms with Crippen molar-refractivity contribution in [2.24, 2.45) is 0 Å². The standard InChI is InChI=1S/C12H19NO4/c1-2-8-11(13(16)17)9-6-4-3-5-7-10-12(14)15/h4,6,8H,2-3,5,7,9-10H2,1H3,(H,14,15)/b6-4-,11-8+. The third-order valence-corrected chi connectivity index (χ3v) is 2.18. The quantitative estimate of drug-likeness (QED) is 0.291. The molecular formula is C12H19NO4. The molecule has 0 aromatic carbocycles. The molecule has 0 heterocycles. The highest BCUT2D eigenvalue weighted by Crippen LogP contribution is 2.07. The van der Waals surface area contributed by atoms with Gasteiger partial charge in [0.1, 0.15) is 0 Å². The largest absolute Gasteiger partial charge is 0.481 e. The first-order valence-corrected chi connectivity index (χ1v) is 5.78. The molecule has 0 aromatic rings. The van der Waals surface area contributed by atoms with Gasteiger partial charge < -0.3 is 5.11 Å². The van der Waals surface area contributed by atoms with Gasteiger partial charge in [-0.05, 0) is 31.8 Å². The average Bonchev–Trinajstić information content (AvgIpc) is 2.25. The summed E-state index contributed by atoms with van der Waals surface area (Å²) in [5.74, 6) is -0.782. The van der Waals surface area contributed by atoms with E-state index < -0.39 is 5.97 Å². The van der Waals surface area contributed by atoms with Crippen molar-refractivity contribution in [1.82, 2.24) is 0 Å². The minimum atomic E-state index is -0.782. The normalized spacial score (nSPS) is 11.9. The van der Waals surface area contributed by atoms with Gasteiger partial charge >= 0.3 is 5.97 Å². The second-order valence-electron chi connectivity index (χ2n) is 3.68. The van der Waals surface area contributed by atoms with Gasteiger partial charge in [-0.2, -0.15) is 0 Å². The molecule has 0 atom stereocenters. The van der Waals surface area contributed by atoms with E-state index in [1.54, 1.807) is 12.2 Å². The van der Waals surface area contributed by atoms with Crippen LogP contribution in [-0.4, -0.2) is 16.0 Å². The number of aliphatic carboxylic acids is 1. The van der Waals surface area contributed by atoms with Crippen LogP contribution in [0.15, 0.2) is 23.9 Å². The molecule has 0 radical (unpaired) electrons. The van der Waals surface area contributed by atoms with Crippen molar-refractivity contribution in [3.05, 3.63) is 34.0 Å². The van der Waals surface area contributed by atoms with Crippen LogP contribution in [0.4, 0.5) is 0 Å². The van der Waals surface area contributed by atoms with Gasteiger partial charge in [0.2, 0.25) is 5.70 Å². The average molecular weight is 241 g/mol. The van der Waals surface area contributed by atoms with Crippen molar-refractivity contribution in [2.75, 3.05) is 0 Å². The van der Waals surface area contributed by atoms with Gasteiger partial charge in [0, 0.05) is 6.42 Å². The Hall–Kier alpha value is -1.65. The van der Waals surface area contributed by atoms with Gasteiger partial charge in [0.15, 0.2) is 0 Å². The number of carboxylic acids is 1. The van der Waals surface area contributed by atoms with Crippen LogP contribution in [0.3, 0.4) is 0 Å². The lowest BCUT2D eigenvalue weighted by Gasteiger charge is -1.94. The third kappa shape index (κ3) is 9.29. The first kappa shape index (κ1) is 15.3. The summed E-state index contributed by atoms with van der Waals surface area (Å²) in [4.78, 5) is 20.4. The highest BCUT2D eigenvalue weighted by atomic mass is 16.6. The zero-order valence-corrected chi connectivity index (χ0v) is 10.1. The summed E-state index contributed by atoms with van der Waals surface area (Å²) in [6.45, 7) is 1.86. The number of nitro groups is 1. The lowest BCUT2D eigenvalue weighted by atomic mass is 10.1. The second kappa shape index (κ2) is 9.57. The molecule has 0 rings (SSSR count). The Morgan fingerprint density at radius 1 is 1.35 bits per heavy atom. The summed E-state index contributed by atoms with van der Waals surface area (Å²) >= 11 is 0. The van der Waals surface area contributed by atoms with E-state index in [2.05, 4.69) is 0 Å². The number of rotatable bonds is 9. The minimum absolute atomic E-state index is 0.184. The highest BCUT2D eigenvalue weighted by molar-refractivity contribution is 5.66. The van der Waals surface area contributed by atoms with Crippen molar-refractivity contribution >= 4 is 5.97 Å². The molecule has 17 heavy (non-hydrogen) atoms. The van der Waals surface area contributed by atoms with E-state index in [-0.39, 0.29) is 17.0 Å². The van der Waals surface area contributed by atoms with Crippen LogP contribution < -0.4 is 0 Å². The van der Waals surface area contributed by atoms with Gasteiger partial charge in [-0.1, -0.05) is 19.1 Å². The van der Waals surface area contributed by atoms with Gasteiger partial charge in [0.25, 0.3) is 0 Å². The number of carboxylic acid groups (broad SMARTS) is 1. The monoisotopic (exact) mass is 241 g/mol. The van der Waals surface area contributed by atoms with Crippen molar-refractivity contribution in [3.8, 4) is 0 Å². The van der Waals surface area contributed by atoms with E-state index >= 15 is 0 Å². The number of hydrogen-bond acceptors (Lipinski definition) is 3. The molecule has 0 saturated carbocycles. The maximum absolute atomic E-state index is 10.6. The first-order chi connectivity index (χ1) is 8.07. The fourth-order valence-electron chi connectivity index (χ4n) is 1.33. The van der Waals surface area contributed by atoms with E-state index in [4.69, 9.17) is 5.11 Å². The van der Waals surface area contributed by atoms with Crippen molar-refractivity contribution in [3.63, 3.8) is 0 Å². The van der Waals surface area contributed by atoms with Crippen LogP contribution in [0.1, 0.15) is 45.4 Å². The number of nitrogens with zero attached hydrogens (tertiary/aromatic N) is 1. The van der Waals surface area contributed by atoms with Gasteiger partial charge in [-0.15, -0.1) is 0 Å². The van der Waals surface area contributed by atoms with Crippen molar-refractivity contribution in [2.45, 2.75) is 45.4 Å². The topological polar surface area (TPSA) is 80.4 Å². The van der Waals surface area contributed by atoms with Gasteiger partial charge in [-0.25, -0.2) is 0 Å². The molecule has 5 nitrogen and oxygen atoms in total. The zero-order valence-electron chi connectivity index (χ0n) is 10.1. The number of hydrogen-bond donors (Lipinski definition) is 1. The molecule has 1 N–H and O–H groups in total. The van der Waals surface area contributed by atoms with E-state index in [0.29, 0.717) is 19.3 Å². The summed E-state index contributed by atoms with van der Waals surface area (Å²) in [6.07, 6.45) is 8.63. The smallest absolute Gasteiger partial charge is 0.303 e. The van der Waals surface area contributed by atoms with E-state index in [9.17, 15) is 14.9 Å². The minimum Gasteiger partial charge on any atom is -0.481 e. The summed E-state index contributed by atoms with van der Waals surface area (Å²) in [7, 11) is 0. The van der Waals surface area contributed by atoms with E-state index in [1.165, 1.54) is 0 Å². The van der Waals surface area contributed by atoms with Crippen LogP contribution in [0.2, 0.25) is 0 Å². The van der Waals surface area contributed by atoms with Crippen molar-refractivity contribution in [1.29, 1.82) is 0 Å². The summed E-state index contributed by atoms with van der Waals surface area (Å²) in [5.41, 5.74) is 0.217. The molecule has 0 aromatic heterocycles. The number of allylic oxidation sites excluding steroid dienone is 3. The van der Waals surface area contributed by atoms with Gasteiger partial charge in [-0.3, -0.25) is 14.9 Å². The Balaban J connectivity index is 3.75. The summed E-state index contributed by atoms with van der Waals surface area (Å²) < 4.78 is 0. The summed E-state index contributed by atoms with van der Waals surface area (Å²) in [5, 5.41) is 19.0. The maximum Gasteiger partial charge on any atom is 0.303 e. The SMILES string of the molecule is CC/C=C(\C/C=C\CCCCC(=O)O)[N+](=O)[O-]. The van der Waals surface area contributed by atoms with Crippen LogP contribution in [0.5, 0.6) is 0 Å². The maximum atomic E-state index is 10.6. The van der Waals surface area contributed by atoms with Crippen molar-refractivity contribution < 1.29 is 14.8 Å². The molecule has 5 heteroatoms. The molecular weight excluding hydrogens is 222 g/mol. The number of unbranched alkanes of at least 4 members (excludes halogenated alkanes) is 2. The van der Waals surface area contributed by atoms with E-state index in [0.717, 1.165) is 12.8 Å².